The first-order valence-corrected chi connectivity index (χ1v) is 7.84. The third kappa shape index (κ3) is 3.65. The first kappa shape index (κ1) is 15.6. The van der Waals surface area contributed by atoms with E-state index in [0.717, 1.165) is 25.2 Å². The van der Waals surface area contributed by atoms with E-state index in [-0.39, 0.29) is 11.8 Å². The molecule has 2 rings (SSSR count). The maximum atomic E-state index is 9.84. The van der Waals surface area contributed by atoms with Crippen molar-refractivity contribution in [2.24, 2.45) is 11.7 Å². The van der Waals surface area contributed by atoms with Crippen LogP contribution in [-0.2, 0) is 6.54 Å². The van der Waals surface area contributed by atoms with Crippen LogP contribution in [0.15, 0.2) is 16.6 Å². The minimum atomic E-state index is 0.156. The van der Waals surface area contributed by atoms with Crippen LogP contribution in [0.25, 0.3) is 0 Å². The van der Waals surface area contributed by atoms with E-state index in [4.69, 9.17) is 10.5 Å². The lowest BCUT2D eigenvalue weighted by Gasteiger charge is -2.34. The van der Waals surface area contributed by atoms with Crippen LogP contribution in [0, 0.1) is 5.92 Å². The molecule has 0 radical (unpaired) electrons. The number of likely N-dealkylation sites (tertiary alicyclic amines) is 1. The van der Waals surface area contributed by atoms with E-state index in [9.17, 15) is 5.11 Å². The van der Waals surface area contributed by atoms with Crippen molar-refractivity contribution in [3.63, 3.8) is 0 Å². The molecule has 0 spiro atoms. The minimum Gasteiger partial charge on any atom is -0.503 e. The molecule has 0 aromatic heterocycles. The van der Waals surface area contributed by atoms with Gasteiger partial charge in [-0.3, -0.25) is 4.90 Å². The standard InChI is InChI=1S/C15H23BrN2O2/c1-10(17)12-4-3-5-18(9-12)8-11-6-13(16)15(19)14(7-11)20-2/h6-7,10,12,19H,3-5,8-9,17H2,1-2H3. The molecule has 1 aromatic rings. The van der Waals surface area contributed by atoms with Gasteiger partial charge < -0.3 is 15.6 Å². The predicted molar refractivity (Wildman–Crippen MR) is 84.0 cm³/mol. The van der Waals surface area contributed by atoms with Gasteiger partial charge in [-0.1, -0.05) is 0 Å². The molecule has 2 unspecified atom stereocenters. The van der Waals surface area contributed by atoms with Gasteiger partial charge in [-0.2, -0.15) is 0 Å². The van der Waals surface area contributed by atoms with Gasteiger partial charge in [-0.05, 0) is 65.9 Å². The van der Waals surface area contributed by atoms with Gasteiger partial charge in [0.2, 0.25) is 0 Å². The summed E-state index contributed by atoms with van der Waals surface area (Å²) in [4.78, 5) is 2.43. The minimum absolute atomic E-state index is 0.156. The molecule has 4 nitrogen and oxygen atoms in total. The SMILES string of the molecule is COc1cc(CN2CCCC(C(C)N)C2)cc(Br)c1O. The molecule has 1 aliphatic heterocycles. The Morgan fingerprint density at radius 3 is 2.95 bits per heavy atom. The molecule has 0 saturated carbocycles. The van der Waals surface area contributed by atoms with Gasteiger partial charge in [0.15, 0.2) is 11.5 Å². The van der Waals surface area contributed by atoms with Crippen LogP contribution < -0.4 is 10.5 Å². The lowest BCUT2D eigenvalue weighted by Crippen LogP contribution is -2.41. The van der Waals surface area contributed by atoms with Crippen LogP contribution in [0.1, 0.15) is 25.3 Å². The highest BCUT2D eigenvalue weighted by Gasteiger charge is 2.23. The summed E-state index contributed by atoms with van der Waals surface area (Å²) in [5.74, 6) is 1.24. The van der Waals surface area contributed by atoms with Crippen LogP contribution in [0.2, 0.25) is 0 Å². The molecule has 112 valence electrons. The highest BCUT2D eigenvalue weighted by Crippen LogP contribution is 2.35. The van der Waals surface area contributed by atoms with Crippen molar-refractivity contribution >= 4 is 15.9 Å². The van der Waals surface area contributed by atoms with Crippen molar-refractivity contribution in [2.75, 3.05) is 20.2 Å². The van der Waals surface area contributed by atoms with Crippen molar-refractivity contribution in [3.05, 3.63) is 22.2 Å². The Bertz CT molecular complexity index is 465. The lowest BCUT2D eigenvalue weighted by atomic mass is 9.92. The number of benzene rings is 1. The Balaban J connectivity index is 2.08. The number of nitrogens with zero attached hydrogens (tertiary/aromatic N) is 1. The molecule has 1 saturated heterocycles. The van der Waals surface area contributed by atoms with Crippen molar-refractivity contribution < 1.29 is 9.84 Å². The number of halogens is 1. The predicted octanol–water partition coefficient (Wildman–Crippen LogP) is 2.72. The van der Waals surface area contributed by atoms with Gasteiger partial charge in [0.25, 0.3) is 0 Å². The van der Waals surface area contributed by atoms with E-state index in [1.54, 1.807) is 7.11 Å². The van der Waals surface area contributed by atoms with Gasteiger partial charge in [0.1, 0.15) is 0 Å². The molecule has 0 bridgehead atoms. The number of piperidine rings is 1. The molecule has 1 heterocycles. The second-order valence-corrected chi connectivity index (χ2v) is 6.48. The molecule has 1 aliphatic rings. The molecule has 3 N–H and O–H groups in total. The number of phenolic OH excluding ortho intramolecular Hbond substituents is 1. The van der Waals surface area contributed by atoms with Gasteiger partial charge in [-0.15, -0.1) is 0 Å². The van der Waals surface area contributed by atoms with E-state index < -0.39 is 0 Å². The summed E-state index contributed by atoms with van der Waals surface area (Å²) in [7, 11) is 1.57. The molecule has 1 aromatic carbocycles. The Kier molecular flexibility index (Phi) is 5.29. The number of aromatic hydroxyl groups is 1. The quantitative estimate of drug-likeness (QED) is 0.883. The number of hydrogen-bond acceptors (Lipinski definition) is 4. The molecule has 2 atom stereocenters. The third-order valence-electron chi connectivity index (χ3n) is 4.00. The van der Waals surface area contributed by atoms with Gasteiger partial charge in [-0.25, -0.2) is 0 Å². The summed E-state index contributed by atoms with van der Waals surface area (Å²) in [6, 6.07) is 4.10. The molecule has 20 heavy (non-hydrogen) atoms. The summed E-state index contributed by atoms with van der Waals surface area (Å²) in [6.45, 7) is 5.09. The molecule has 1 fully saturated rings. The van der Waals surface area contributed by atoms with E-state index in [1.807, 2.05) is 12.1 Å². The molecular formula is C15H23BrN2O2. The molecule has 0 aliphatic carbocycles. The van der Waals surface area contributed by atoms with Crippen molar-refractivity contribution in [2.45, 2.75) is 32.4 Å². The normalized spacial score (nSPS) is 21.7. The van der Waals surface area contributed by atoms with Crippen LogP contribution >= 0.6 is 15.9 Å². The number of ether oxygens (including phenoxy) is 1. The fourth-order valence-electron chi connectivity index (χ4n) is 2.80. The zero-order valence-corrected chi connectivity index (χ0v) is 13.7. The monoisotopic (exact) mass is 342 g/mol. The topological polar surface area (TPSA) is 58.7 Å². The van der Waals surface area contributed by atoms with Crippen LogP contribution in [0.3, 0.4) is 0 Å². The highest BCUT2D eigenvalue weighted by molar-refractivity contribution is 9.10. The van der Waals surface area contributed by atoms with Gasteiger partial charge in [0, 0.05) is 19.1 Å². The zero-order chi connectivity index (χ0) is 14.7. The summed E-state index contributed by atoms with van der Waals surface area (Å²) in [5.41, 5.74) is 7.16. The summed E-state index contributed by atoms with van der Waals surface area (Å²) in [6.07, 6.45) is 2.42. The Labute approximate surface area is 129 Å². The van der Waals surface area contributed by atoms with Gasteiger partial charge >= 0.3 is 0 Å². The summed E-state index contributed by atoms with van der Waals surface area (Å²) >= 11 is 3.37. The summed E-state index contributed by atoms with van der Waals surface area (Å²) in [5, 5.41) is 9.84. The van der Waals surface area contributed by atoms with Crippen molar-refractivity contribution in [3.8, 4) is 11.5 Å². The third-order valence-corrected chi connectivity index (χ3v) is 4.60. The number of nitrogens with two attached hydrogens (primary N) is 1. The molecular weight excluding hydrogens is 320 g/mol. The van der Waals surface area contributed by atoms with E-state index in [1.165, 1.54) is 12.8 Å². The van der Waals surface area contributed by atoms with E-state index in [0.29, 0.717) is 16.1 Å². The maximum absolute atomic E-state index is 9.84. The Morgan fingerprint density at radius 2 is 2.30 bits per heavy atom. The largest absolute Gasteiger partial charge is 0.503 e. The van der Waals surface area contributed by atoms with Gasteiger partial charge in [0.05, 0.1) is 11.6 Å². The molecule has 5 heteroatoms. The molecule has 0 amide bonds. The van der Waals surface area contributed by atoms with Crippen molar-refractivity contribution in [1.82, 2.24) is 4.90 Å². The zero-order valence-electron chi connectivity index (χ0n) is 12.1. The first-order valence-electron chi connectivity index (χ1n) is 7.04. The average Bonchev–Trinajstić information content (AvgIpc) is 2.43. The second kappa shape index (κ2) is 6.78. The van der Waals surface area contributed by atoms with Crippen LogP contribution in [0.4, 0.5) is 0 Å². The Morgan fingerprint density at radius 1 is 1.55 bits per heavy atom. The Hall–Kier alpha value is -0.780. The van der Waals surface area contributed by atoms with E-state index in [2.05, 4.69) is 27.8 Å². The smallest absolute Gasteiger partial charge is 0.172 e. The number of rotatable bonds is 4. The van der Waals surface area contributed by atoms with Crippen LogP contribution in [-0.4, -0.2) is 36.2 Å². The number of phenols is 1. The fraction of sp³-hybridized carbons (Fsp3) is 0.600. The highest BCUT2D eigenvalue weighted by atomic mass is 79.9. The number of methoxy groups -OCH3 is 1. The summed E-state index contributed by atoms with van der Waals surface area (Å²) < 4.78 is 5.87. The average molecular weight is 343 g/mol. The fourth-order valence-corrected chi connectivity index (χ4v) is 3.29. The second-order valence-electron chi connectivity index (χ2n) is 5.63. The van der Waals surface area contributed by atoms with Crippen LogP contribution in [0.5, 0.6) is 11.5 Å². The lowest BCUT2D eigenvalue weighted by molar-refractivity contribution is 0.154. The first-order chi connectivity index (χ1) is 9.51. The number of hydrogen-bond donors (Lipinski definition) is 2. The maximum Gasteiger partial charge on any atom is 0.172 e. The van der Waals surface area contributed by atoms with Crippen molar-refractivity contribution in [1.29, 1.82) is 0 Å². The van der Waals surface area contributed by atoms with E-state index >= 15 is 0 Å².